The van der Waals surface area contributed by atoms with Crippen LogP contribution in [0.25, 0.3) is 0 Å². The maximum absolute atomic E-state index is 5.95. The quantitative estimate of drug-likeness (QED) is 0.768. The van der Waals surface area contributed by atoms with Gasteiger partial charge < -0.3 is 15.4 Å². The Labute approximate surface area is 99.3 Å². The topological polar surface area (TPSA) is 38.5 Å². The van der Waals surface area contributed by atoms with Gasteiger partial charge in [0.1, 0.15) is 0 Å². The molecule has 16 heavy (non-hydrogen) atoms. The zero-order valence-corrected chi connectivity index (χ0v) is 10.7. The minimum absolute atomic E-state index is 0.227. The molecule has 1 heterocycles. The second kappa shape index (κ2) is 5.03. The Morgan fingerprint density at radius 2 is 2.25 bits per heavy atom. The Kier molecular flexibility index (Phi) is 3.88. The van der Waals surface area contributed by atoms with E-state index in [4.69, 9.17) is 10.5 Å². The molecule has 0 aromatic rings. The van der Waals surface area contributed by atoms with E-state index in [0.717, 1.165) is 38.1 Å². The maximum atomic E-state index is 5.95. The first-order valence-corrected chi connectivity index (χ1v) is 6.61. The van der Waals surface area contributed by atoms with Gasteiger partial charge >= 0.3 is 0 Å². The molecule has 0 radical (unpaired) electrons. The summed E-state index contributed by atoms with van der Waals surface area (Å²) in [7, 11) is 2.23. The molecule has 0 bridgehead atoms. The van der Waals surface area contributed by atoms with E-state index in [0.29, 0.717) is 0 Å². The molecule has 3 heteroatoms. The SMILES string of the molecule is CC1CC1CN(C)CC1(CN)CCCOC1. The van der Waals surface area contributed by atoms with Crippen molar-refractivity contribution < 1.29 is 4.74 Å². The van der Waals surface area contributed by atoms with Gasteiger partial charge in [0.2, 0.25) is 0 Å². The molecule has 3 nitrogen and oxygen atoms in total. The maximum Gasteiger partial charge on any atom is 0.0546 e. The number of ether oxygens (including phenoxy) is 1. The molecule has 2 aliphatic rings. The molecule has 2 fully saturated rings. The third kappa shape index (κ3) is 2.96. The van der Waals surface area contributed by atoms with Gasteiger partial charge in [0, 0.05) is 31.7 Å². The van der Waals surface area contributed by atoms with Crippen LogP contribution < -0.4 is 5.73 Å². The van der Waals surface area contributed by atoms with Crippen molar-refractivity contribution in [1.29, 1.82) is 0 Å². The van der Waals surface area contributed by atoms with E-state index < -0.39 is 0 Å². The van der Waals surface area contributed by atoms with Gasteiger partial charge in [-0.25, -0.2) is 0 Å². The summed E-state index contributed by atoms with van der Waals surface area (Å²) in [5.74, 6) is 1.88. The van der Waals surface area contributed by atoms with E-state index in [1.54, 1.807) is 0 Å². The number of nitrogens with zero attached hydrogens (tertiary/aromatic N) is 1. The van der Waals surface area contributed by atoms with E-state index in [2.05, 4.69) is 18.9 Å². The molecular weight excluding hydrogens is 200 g/mol. The Morgan fingerprint density at radius 1 is 1.50 bits per heavy atom. The average molecular weight is 226 g/mol. The fraction of sp³-hybridized carbons (Fsp3) is 1.00. The van der Waals surface area contributed by atoms with Crippen LogP contribution in [0.4, 0.5) is 0 Å². The van der Waals surface area contributed by atoms with Crippen LogP contribution in [0.1, 0.15) is 26.2 Å². The van der Waals surface area contributed by atoms with Gasteiger partial charge in [-0.1, -0.05) is 6.92 Å². The third-order valence-electron chi connectivity index (χ3n) is 4.26. The van der Waals surface area contributed by atoms with Crippen LogP contribution in [-0.2, 0) is 4.74 Å². The van der Waals surface area contributed by atoms with Crippen molar-refractivity contribution in [3.05, 3.63) is 0 Å². The lowest BCUT2D eigenvalue weighted by atomic mass is 9.82. The van der Waals surface area contributed by atoms with Gasteiger partial charge in [-0.05, 0) is 38.1 Å². The second-order valence-electron chi connectivity index (χ2n) is 6.03. The van der Waals surface area contributed by atoms with Crippen LogP contribution >= 0.6 is 0 Å². The minimum atomic E-state index is 0.227. The molecule has 0 aromatic heterocycles. The monoisotopic (exact) mass is 226 g/mol. The smallest absolute Gasteiger partial charge is 0.0546 e. The predicted octanol–water partition coefficient (Wildman–Crippen LogP) is 1.33. The molecule has 1 saturated carbocycles. The van der Waals surface area contributed by atoms with Crippen LogP contribution in [0, 0.1) is 17.3 Å². The summed E-state index contributed by atoms with van der Waals surface area (Å²) in [6.45, 7) is 7.23. The Hall–Kier alpha value is -0.120. The molecule has 1 aliphatic carbocycles. The summed E-state index contributed by atoms with van der Waals surface area (Å²) >= 11 is 0. The zero-order valence-electron chi connectivity index (χ0n) is 10.7. The van der Waals surface area contributed by atoms with Gasteiger partial charge in [-0.15, -0.1) is 0 Å². The molecule has 0 amide bonds. The van der Waals surface area contributed by atoms with E-state index in [-0.39, 0.29) is 5.41 Å². The van der Waals surface area contributed by atoms with Crippen molar-refractivity contribution >= 4 is 0 Å². The first kappa shape index (κ1) is 12.3. The van der Waals surface area contributed by atoms with E-state index in [1.807, 2.05) is 0 Å². The van der Waals surface area contributed by atoms with Crippen molar-refractivity contribution in [2.24, 2.45) is 23.0 Å². The summed E-state index contributed by atoms with van der Waals surface area (Å²) in [6, 6.07) is 0. The van der Waals surface area contributed by atoms with Gasteiger partial charge in [0.25, 0.3) is 0 Å². The lowest BCUT2D eigenvalue weighted by Gasteiger charge is -2.39. The average Bonchev–Trinajstić information content (AvgIpc) is 2.95. The fourth-order valence-corrected chi connectivity index (χ4v) is 2.95. The molecule has 0 aromatic carbocycles. The highest BCUT2D eigenvalue weighted by Gasteiger charge is 2.36. The summed E-state index contributed by atoms with van der Waals surface area (Å²) < 4.78 is 5.61. The van der Waals surface area contributed by atoms with Crippen molar-refractivity contribution in [2.75, 3.05) is 39.9 Å². The summed E-state index contributed by atoms with van der Waals surface area (Å²) in [5.41, 5.74) is 6.18. The van der Waals surface area contributed by atoms with E-state index in [1.165, 1.54) is 25.8 Å². The molecule has 1 saturated heterocycles. The standard InChI is InChI=1S/C13H26N2O/c1-11-6-12(11)7-15(2)9-13(8-14)4-3-5-16-10-13/h11-12H,3-10,14H2,1-2H3. The highest BCUT2D eigenvalue weighted by Crippen LogP contribution is 2.38. The Morgan fingerprint density at radius 3 is 2.75 bits per heavy atom. The molecule has 2 rings (SSSR count). The zero-order chi connectivity index (χ0) is 11.6. The first-order valence-electron chi connectivity index (χ1n) is 6.61. The van der Waals surface area contributed by atoms with E-state index >= 15 is 0 Å². The third-order valence-corrected chi connectivity index (χ3v) is 4.26. The molecule has 3 atom stereocenters. The number of rotatable bonds is 5. The molecule has 3 unspecified atom stereocenters. The van der Waals surface area contributed by atoms with Crippen LogP contribution in [0.2, 0.25) is 0 Å². The number of nitrogens with two attached hydrogens (primary N) is 1. The number of hydrogen-bond donors (Lipinski definition) is 1. The highest BCUT2D eigenvalue weighted by atomic mass is 16.5. The van der Waals surface area contributed by atoms with Crippen molar-refractivity contribution in [3.8, 4) is 0 Å². The van der Waals surface area contributed by atoms with Crippen LogP contribution in [0.3, 0.4) is 0 Å². The normalized spacial score (nSPS) is 39.0. The lowest BCUT2D eigenvalue weighted by Crippen LogP contribution is -2.47. The predicted molar refractivity (Wildman–Crippen MR) is 66.3 cm³/mol. The Balaban J connectivity index is 1.80. The van der Waals surface area contributed by atoms with Crippen molar-refractivity contribution in [3.63, 3.8) is 0 Å². The first-order chi connectivity index (χ1) is 7.65. The highest BCUT2D eigenvalue weighted by molar-refractivity contribution is 4.89. The molecule has 0 spiro atoms. The van der Waals surface area contributed by atoms with Gasteiger partial charge in [0.05, 0.1) is 6.61 Å². The molecular formula is C13H26N2O. The van der Waals surface area contributed by atoms with Crippen LogP contribution in [0.5, 0.6) is 0 Å². The summed E-state index contributed by atoms with van der Waals surface area (Å²) in [5, 5.41) is 0. The van der Waals surface area contributed by atoms with E-state index in [9.17, 15) is 0 Å². The van der Waals surface area contributed by atoms with Crippen LogP contribution in [-0.4, -0.2) is 44.8 Å². The number of hydrogen-bond acceptors (Lipinski definition) is 3. The fourth-order valence-electron chi connectivity index (χ4n) is 2.95. The van der Waals surface area contributed by atoms with Gasteiger partial charge in [-0.3, -0.25) is 0 Å². The minimum Gasteiger partial charge on any atom is -0.381 e. The Bertz CT molecular complexity index is 226. The lowest BCUT2D eigenvalue weighted by molar-refractivity contribution is -0.0188. The molecule has 1 aliphatic heterocycles. The van der Waals surface area contributed by atoms with Crippen LogP contribution in [0.15, 0.2) is 0 Å². The summed E-state index contributed by atoms with van der Waals surface area (Å²) in [6.07, 6.45) is 3.81. The molecule has 94 valence electrons. The largest absolute Gasteiger partial charge is 0.381 e. The van der Waals surface area contributed by atoms with Crippen molar-refractivity contribution in [2.45, 2.75) is 26.2 Å². The van der Waals surface area contributed by atoms with Crippen molar-refractivity contribution in [1.82, 2.24) is 4.90 Å². The molecule has 2 N–H and O–H groups in total. The van der Waals surface area contributed by atoms with Gasteiger partial charge in [-0.2, -0.15) is 0 Å². The van der Waals surface area contributed by atoms with Gasteiger partial charge in [0.15, 0.2) is 0 Å². The second-order valence-corrected chi connectivity index (χ2v) is 6.03. The summed E-state index contributed by atoms with van der Waals surface area (Å²) in [4.78, 5) is 2.47.